The normalized spacial score (nSPS) is 15.0. The van der Waals surface area contributed by atoms with E-state index in [1.807, 2.05) is 13.0 Å². The quantitative estimate of drug-likeness (QED) is 0.751. The molecule has 0 spiro atoms. The molecule has 0 bridgehead atoms. The van der Waals surface area contributed by atoms with E-state index in [1.54, 1.807) is 7.11 Å². The van der Waals surface area contributed by atoms with Crippen molar-refractivity contribution in [3.8, 4) is 5.75 Å². The van der Waals surface area contributed by atoms with Gasteiger partial charge in [0.15, 0.2) is 6.10 Å². The zero-order chi connectivity index (χ0) is 15.8. The molecule has 1 N–H and O–H groups in total. The van der Waals surface area contributed by atoms with E-state index in [2.05, 4.69) is 17.4 Å². The molecule has 1 aliphatic carbocycles. The van der Waals surface area contributed by atoms with Crippen LogP contribution in [-0.4, -0.2) is 32.3 Å². The molecule has 0 aromatic heterocycles. The van der Waals surface area contributed by atoms with Crippen LogP contribution >= 0.6 is 0 Å². The van der Waals surface area contributed by atoms with Crippen LogP contribution in [0.25, 0.3) is 0 Å². The molecule has 122 valence electrons. The lowest BCUT2D eigenvalue weighted by molar-refractivity contribution is -0.128. The second-order valence-corrected chi connectivity index (χ2v) is 5.79. The molecule has 1 aromatic carbocycles. The van der Waals surface area contributed by atoms with Crippen LogP contribution < -0.4 is 10.1 Å². The molecule has 1 aliphatic rings. The van der Waals surface area contributed by atoms with Crippen LogP contribution in [0.4, 0.5) is 0 Å². The summed E-state index contributed by atoms with van der Waals surface area (Å²) in [5.74, 6) is 0.760. The van der Waals surface area contributed by atoms with Crippen LogP contribution in [0.2, 0.25) is 0 Å². The number of methoxy groups -OCH3 is 1. The lowest BCUT2D eigenvalue weighted by Gasteiger charge is -2.20. The number of nitrogens with one attached hydrogen (secondary N) is 1. The van der Waals surface area contributed by atoms with Crippen LogP contribution in [0.15, 0.2) is 18.2 Å². The molecule has 2 rings (SSSR count). The molecule has 0 saturated carbocycles. The van der Waals surface area contributed by atoms with Gasteiger partial charge in [-0.25, -0.2) is 0 Å². The maximum atomic E-state index is 12.2. The first kappa shape index (κ1) is 16.8. The summed E-state index contributed by atoms with van der Waals surface area (Å²) in [4.78, 5) is 12.2. The van der Waals surface area contributed by atoms with Crippen molar-refractivity contribution in [2.45, 2.75) is 51.6 Å². The molecule has 0 saturated heterocycles. The van der Waals surface area contributed by atoms with E-state index in [-0.39, 0.29) is 5.91 Å². The smallest absolute Gasteiger partial charge is 0.261 e. The summed E-state index contributed by atoms with van der Waals surface area (Å²) in [6.45, 7) is 3.25. The van der Waals surface area contributed by atoms with E-state index in [0.717, 1.165) is 25.0 Å². The number of amides is 1. The van der Waals surface area contributed by atoms with Crippen molar-refractivity contribution in [3.63, 3.8) is 0 Å². The van der Waals surface area contributed by atoms with Crippen molar-refractivity contribution in [1.82, 2.24) is 5.32 Å². The van der Waals surface area contributed by atoms with Crippen molar-refractivity contribution in [1.29, 1.82) is 0 Å². The first-order valence-corrected chi connectivity index (χ1v) is 8.29. The zero-order valence-electron chi connectivity index (χ0n) is 13.7. The van der Waals surface area contributed by atoms with Gasteiger partial charge in [-0.05, 0) is 61.8 Å². The largest absolute Gasteiger partial charge is 0.481 e. The molecule has 1 amide bonds. The third-order valence-electron chi connectivity index (χ3n) is 4.09. The Labute approximate surface area is 133 Å². The average Bonchev–Trinajstić information content (AvgIpc) is 2.56. The van der Waals surface area contributed by atoms with Gasteiger partial charge in [0.2, 0.25) is 0 Å². The number of carbonyl (C=O) groups is 1. The molecule has 0 fully saturated rings. The standard InChI is InChI=1S/C18H27NO3/c1-3-17(18(20)19-11-6-12-21-2)22-16-10-9-14-7-4-5-8-15(14)13-16/h9-10,13,17H,3-8,11-12H2,1-2H3,(H,19,20). The maximum Gasteiger partial charge on any atom is 0.261 e. The van der Waals surface area contributed by atoms with E-state index < -0.39 is 6.10 Å². The minimum Gasteiger partial charge on any atom is -0.481 e. The summed E-state index contributed by atoms with van der Waals surface area (Å²) in [6, 6.07) is 6.24. The van der Waals surface area contributed by atoms with Crippen LogP contribution in [0.3, 0.4) is 0 Å². The fourth-order valence-corrected chi connectivity index (χ4v) is 2.81. The highest BCUT2D eigenvalue weighted by Crippen LogP contribution is 2.26. The van der Waals surface area contributed by atoms with Crippen LogP contribution in [-0.2, 0) is 22.4 Å². The molecule has 0 radical (unpaired) electrons. The Balaban J connectivity index is 1.90. The molecule has 1 aromatic rings. The SMILES string of the molecule is CCC(Oc1ccc2c(c1)CCCC2)C(=O)NCCCOC. The number of hydrogen-bond acceptors (Lipinski definition) is 3. The summed E-state index contributed by atoms with van der Waals surface area (Å²) >= 11 is 0. The maximum absolute atomic E-state index is 12.2. The van der Waals surface area contributed by atoms with Gasteiger partial charge in [-0.15, -0.1) is 0 Å². The summed E-state index contributed by atoms with van der Waals surface area (Å²) in [6.07, 6.45) is 5.84. The van der Waals surface area contributed by atoms with Crippen molar-refractivity contribution >= 4 is 5.91 Å². The van der Waals surface area contributed by atoms with Crippen molar-refractivity contribution in [2.24, 2.45) is 0 Å². The highest BCUT2D eigenvalue weighted by molar-refractivity contribution is 5.81. The first-order valence-electron chi connectivity index (χ1n) is 8.29. The molecule has 1 unspecified atom stereocenters. The summed E-state index contributed by atoms with van der Waals surface area (Å²) < 4.78 is 10.9. The van der Waals surface area contributed by atoms with E-state index >= 15 is 0 Å². The fraction of sp³-hybridized carbons (Fsp3) is 0.611. The van der Waals surface area contributed by atoms with Gasteiger partial charge in [0.1, 0.15) is 5.75 Å². The Kier molecular flexibility index (Phi) is 6.72. The van der Waals surface area contributed by atoms with Gasteiger partial charge in [-0.1, -0.05) is 13.0 Å². The third kappa shape index (κ3) is 4.73. The monoisotopic (exact) mass is 305 g/mol. The van der Waals surface area contributed by atoms with Crippen LogP contribution in [0, 0.1) is 0 Å². The van der Waals surface area contributed by atoms with E-state index in [4.69, 9.17) is 9.47 Å². The zero-order valence-corrected chi connectivity index (χ0v) is 13.7. The van der Waals surface area contributed by atoms with E-state index in [1.165, 1.54) is 24.0 Å². The predicted octanol–water partition coefficient (Wildman–Crippen LogP) is 2.88. The van der Waals surface area contributed by atoms with Crippen LogP contribution in [0.1, 0.15) is 43.7 Å². The Morgan fingerprint density at radius 3 is 2.77 bits per heavy atom. The molecule has 0 heterocycles. The molecule has 0 aliphatic heterocycles. The first-order chi connectivity index (χ1) is 10.7. The second kappa shape index (κ2) is 8.79. The molecule has 1 atom stereocenters. The van der Waals surface area contributed by atoms with Gasteiger partial charge in [0.25, 0.3) is 5.91 Å². The molecule has 4 heteroatoms. The summed E-state index contributed by atoms with van der Waals surface area (Å²) in [7, 11) is 1.66. The number of benzene rings is 1. The lowest BCUT2D eigenvalue weighted by Crippen LogP contribution is -2.38. The Hall–Kier alpha value is -1.55. The number of aryl methyl sites for hydroxylation is 2. The molecular weight excluding hydrogens is 278 g/mol. The van der Waals surface area contributed by atoms with Gasteiger partial charge in [-0.3, -0.25) is 4.79 Å². The number of ether oxygens (including phenoxy) is 2. The summed E-state index contributed by atoms with van der Waals surface area (Å²) in [5, 5.41) is 2.91. The Bertz CT molecular complexity index is 487. The van der Waals surface area contributed by atoms with E-state index in [9.17, 15) is 4.79 Å². The number of carbonyl (C=O) groups excluding carboxylic acids is 1. The highest BCUT2D eigenvalue weighted by Gasteiger charge is 2.18. The predicted molar refractivity (Wildman–Crippen MR) is 87.3 cm³/mol. The average molecular weight is 305 g/mol. The number of rotatable bonds is 8. The second-order valence-electron chi connectivity index (χ2n) is 5.79. The fourth-order valence-electron chi connectivity index (χ4n) is 2.81. The number of fused-ring (bicyclic) bond motifs is 1. The summed E-state index contributed by atoms with van der Waals surface area (Å²) in [5.41, 5.74) is 2.80. The minimum absolute atomic E-state index is 0.0451. The minimum atomic E-state index is -0.427. The Morgan fingerprint density at radius 1 is 1.27 bits per heavy atom. The van der Waals surface area contributed by atoms with Crippen LogP contribution in [0.5, 0.6) is 5.75 Å². The lowest BCUT2D eigenvalue weighted by atomic mass is 9.92. The van der Waals surface area contributed by atoms with Gasteiger partial charge in [0, 0.05) is 20.3 Å². The number of hydrogen-bond donors (Lipinski definition) is 1. The topological polar surface area (TPSA) is 47.6 Å². The van der Waals surface area contributed by atoms with Gasteiger partial charge in [0.05, 0.1) is 0 Å². The van der Waals surface area contributed by atoms with Crippen molar-refractivity contribution in [3.05, 3.63) is 29.3 Å². The van der Waals surface area contributed by atoms with Crippen molar-refractivity contribution < 1.29 is 14.3 Å². The van der Waals surface area contributed by atoms with E-state index in [0.29, 0.717) is 19.6 Å². The van der Waals surface area contributed by atoms with Gasteiger partial charge in [-0.2, -0.15) is 0 Å². The Morgan fingerprint density at radius 2 is 2.05 bits per heavy atom. The van der Waals surface area contributed by atoms with Crippen molar-refractivity contribution in [2.75, 3.05) is 20.3 Å². The highest BCUT2D eigenvalue weighted by atomic mass is 16.5. The molecule has 4 nitrogen and oxygen atoms in total. The molecular formula is C18H27NO3. The third-order valence-corrected chi connectivity index (χ3v) is 4.09. The van der Waals surface area contributed by atoms with Gasteiger partial charge >= 0.3 is 0 Å². The van der Waals surface area contributed by atoms with Gasteiger partial charge < -0.3 is 14.8 Å². The molecule has 22 heavy (non-hydrogen) atoms.